The second kappa shape index (κ2) is 11.5. The number of aliphatic hydroxyl groups is 1. The minimum absolute atomic E-state index is 0.264. The van der Waals surface area contributed by atoms with E-state index in [9.17, 15) is 5.11 Å². The molecule has 0 radical (unpaired) electrons. The number of rotatable bonds is 11. The molecule has 2 aromatic rings. The fourth-order valence-corrected chi connectivity index (χ4v) is 2.67. The summed E-state index contributed by atoms with van der Waals surface area (Å²) in [6.45, 7) is 8.45. The van der Waals surface area contributed by atoms with Gasteiger partial charge in [-0.25, -0.2) is 4.99 Å². The van der Waals surface area contributed by atoms with Crippen molar-refractivity contribution in [3.63, 3.8) is 0 Å². The third-order valence-corrected chi connectivity index (χ3v) is 4.41. The monoisotopic (exact) mass is 403 g/mol. The maximum absolute atomic E-state index is 10.8. The van der Waals surface area contributed by atoms with E-state index >= 15 is 0 Å². The number of hydrogen-bond acceptors (Lipinski definition) is 5. The third-order valence-electron chi connectivity index (χ3n) is 4.41. The summed E-state index contributed by atoms with van der Waals surface area (Å²) in [6, 6.07) is 11.4. The molecule has 0 bridgehead atoms. The van der Waals surface area contributed by atoms with Crippen LogP contribution in [0.5, 0.6) is 5.75 Å². The van der Waals surface area contributed by atoms with Crippen LogP contribution in [-0.4, -0.2) is 44.5 Å². The molecule has 0 saturated heterocycles. The molecule has 1 unspecified atom stereocenters. The second-order valence-corrected chi connectivity index (χ2v) is 7.03. The molecular formula is C22H33N3O4. The van der Waals surface area contributed by atoms with Crippen molar-refractivity contribution in [2.24, 2.45) is 4.99 Å². The molecule has 7 nitrogen and oxygen atoms in total. The number of benzene rings is 1. The van der Waals surface area contributed by atoms with Gasteiger partial charge in [-0.2, -0.15) is 0 Å². The lowest BCUT2D eigenvalue weighted by atomic mass is 10.0. The van der Waals surface area contributed by atoms with Crippen LogP contribution < -0.4 is 15.4 Å². The Morgan fingerprint density at radius 2 is 1.93 bits per heavy atom. The van der Waals surface area contributed by atoms with E-state index in [0.29, 0.717) is 31.5 Å². The molecule has 0 saturated carbocycles. The van der Waals surface area contributed by atoms with Crippen molar-refractivity contribution >= 4 is 5.96 Å². The molecular weight excluding hydrogens is 370 g/mol. The van der Waals surface area contributed by atoms with Gasteiger partial charge in [0.15, 0.2) is 5.96 Å². The SMILES string of the molecule is CCOCCCNC(=NCc1ccc(OC)cc1)NCC(C)(O)c1ccc(C)o1. The van der Waals surface area contributed by atoms with Crippen molar-refractivity contribution in [1.82, 2.24) is 10.6 Å². The average Bonchev–Trinajstić information content (AvgIpc) is 3.17. The van der Waals surface area contributed by atoms with Gasteiger partial charge in [-0.15, -0.1) is 0 Å². The van der Waals surface area contributed by atoms with Gasteiger partial charge in [-0.05, 0) is 57.0 Å². The van der Waals surface area contributed by atoms with E-state index in [2.05, 4.69) is 15.6 Å². The average molecular weight is 404 g/mol. The van der Waals surface area contributed by atoms with E-state index in [1.165, 1.54) is 0 Å². The van der Waals surface area contributed by atoms with Gasteiger partial charge >= 0.3 is 0 Å². The van der Waals surface area contributed by atoms with E-state index in [1.807, 2.05) is 44.2 Å². The van der Waals surface area contributed by atoms with Crippen molar-refractivity contribution in [1.29, 1.82) is 0 Å². The highest BCUT2D eigenvalue weighted by Gasteiger charge is 2.27. The van der Waals surface area contributed by atoms with Crippen LogP contribution in [0.2, 0.25) is 0 Å². The third kappa shape index (κ3) is 7.79. The molecule has 160 valence electrons. The van der Waals surface area contributed by atoms with Gasteiger partial charge in [-0.3, -0.25) is 0 Å². The molecule has 2 rings (SSSR count). The van der Waals surface area contributed by atoms with Gasteiger partial charge in [0.05, 0.1) is 20.2 Å². The highest BCUT2D eigenvalue weighted by molar-refractivity contribution is 5.79. The zero-order chi connectivity index (χ0) is 21.1. The minimum atomic E-state index is -1.15. The molecule has 1 aromatic heterocycles. The number of ether oxygens (including phenoxy) is 2. The quantitative estimate of drug-likeness (QED) is 0.304. The Bertz CT molecular complexity index is 754. The molecule has 29 heavy (non-hydrogen) atoms. The topological polar surface area (TPSA) is 88.2 Å². The highest BCUT2D eigenvalue weighted by atomic mass is 16.5. The normalized spacial score (nSPS) is 13.8. The van der Waals surface area contributed by atoms with Crippen molar-refractivity contribution in [2.45, 2.75) is 39.3 Å². The summed E-state index contributed by atoms with van der Waals surface area (Å²) in [6.07, 6.45) is 0.866. The molecule has 1 atom stereocenters. The van der Waals surface area contributed by atoms with E-state index in [4.69, 9.17) is 13.9 Å². The minimum Gasteiger partial charge on any atom is -0.497 e. The first-order chi connectivity index (χ1) is 13.9. The number of nitrogens with zero attached hydrogens (tertiary/aromatic N) is 1. The standard InChI is InChI=1S/C22H33N3O4/c1-5-28-14-6-13-23-21(24-15-18-8-10-19(27-4)11-9-18)25-16-22(3,26)20-12-7-17(2)29-20/h7-12,26H,5-6,13-16H2,1-4H3,(H2,23,24,25). The van der Waals surface area contributed by atoms with Crippen LogP contribution in [0.4, 0.5) is 0 Å². The number of methoxy groups -OCH3 is 1. The van der Waals surface area contributed by atoms with E-state index in [0.717, 1.165) is 30.0 Å². The van der Waals surface area contributed by atoms with Gasteiger partial charge < -0.3 is 29.6 Å². The molecule has 1 heterocycles. The summed E-state index contributed by atoms with van der Waals surface area (Å²) in [5, 5.41) is 17.3. The van der Waals surface area contributed by atoms with Gasteiger partial charge in [0.1, 0.15) is 22.9 Å². The number of nitrogens with one attached hydrogen (secondary N) is 2. The second-order valence-electron chi connectivity index (χ2n) is 7.03. The Kier molecular flexibility index (Phi) is 9.02. The largest absolute Gasteiger partial charge is 0.497 e. The highest BCUT2D eigenvalue weighted by Crippen LogP contribution is 2.21. The smallest absolute Gasteiger partial charge is 0.191 e. The van der Waals surface area contributed by atoms with E-state index in [1.54, 1.807) is 20.1 Å². The van der Waals surface area contributed by atoms with Crippen LogP contribution in [0.25, 0.3) is 0 Å². The molecule has 0 aliphatic rings. The fraction of sp³-hybridized carbons (Fsp3) is 0.500. The summed E-state index contributed by atoms with van der Waals surface area (Å²) in [5.74, 6) is 2.73. The molecule has 7 heteroatoms. The van der Waals surface area contributed by atoms with Crippen LogP contribution in [0, 0.1) is 6.92 Å². The van der Waals surface area contributed by atoms with E-state index < -0.39 is 5.60 Å². The predicted molar refractivity (Wildman–Crippen MR) is 114 cm³/mol. The van der Waals surface area contributed by atoms with Gasteiger partial charge in [0.2, 0.25) is 0 Å². The zero-order valence-corrected chi connectivity index (χ0v) is 17.8. The summed E-state index contributed by atoms with van der Waals surface area (Å²) in [4.78, 5) is 4.64. The van der Waals surface area contributed by atoms with Crippen molar-refractivity contribution in [3.8, 4) is 5.75 Å². The Morgan fingerprint density at radius 1 is 1.17 bits per heavy atom. The lowest BCUT2D eigenvalue weighted by Crippen LogP contribution is -2.44. The molecule has 3 N–H and O–H groups in total. The van der Waals surface area contributed by atoms with Crippen molar-refractivity contribution in [3.05, 3.63) is 53.5 Å². The van der Waals surface area contributed by atoms with Crippen LogP contribution in [-0.2, 0) is 16.9 Å². The molecule has 0 aliphatic carbocycles. The maximum Gasteiger partial charge on any atom is 0.191 e. The van der Waals surface area contributed by atoms with Crippen LogP contribution >= 0.6 is 0 Å². The first kappa shape index (κ1) is 22.8. The maximum atomic E-state index is 10.8. The van der Waals surface area contributed by atoms with Gasteiger partial charge in [0.25, 0.3) is 0 Å². The summed E-state index contributed by atoms with van der Waals surface area (Å²) in [5.41, 5.74) is -0.0862. The molecule has 1 aromatic carbocycles. The lowest BCUT2D eigenvalue weighted by Gasteiger charge is -2.23. The van der Waals surface area contributed by atoms with Crippen molar-refractivity contribution < 1.29 is 19.0 Å². The number of hydrogen-bond donors (Lipinski definition) is 3. The number of guanidine groups is 1. The molecule has 0 fully saturated rings. The number of aliphatic imine (C=N–C) groups is 1. The summed E-state index contributed by atoms with van der Waals surface area (Å²) < 4.78 is 16.1. The fourth-order valence-electron chi connectivity index (χ4n) is 2.67. The van der Waals surface area contributed by atoms with Gasteiger partial charge in [-0.1, -0.05) is 12.1 Å². The predicted octanol–water partition coefficient (Wildman–Crippen LogP) is 2.97. The molecule has 0 amide bonds. The van der Waals surface area contributed by atoms with Crippen molar-refractivity contribution in [2.75, 3.05) is 33.4 Å². The summed E-state index contributed by atoms with van der Waals surface area (Å²) >= 11 is 0. The van der Waals surface area contributed by atoms with Gasteiger partial charge in [0, 0.05) is 19.8 Å². The summed E-state index contributed by atoms with van der Waals surface area (Å²) in [7, 11) is 1.65. The Hall–Kier alpha value is -2.51. The first-order valence-electron chi connectivity index (χ1n) is 9.96. The zero-order valence-electron chi connectivity index (χ0n) is 17.8. The van der Waals surface area contributed by atoms with E-state index in [-0.39, 0.29) is 6.54 Å². The lowest BCUT2D eigenvalue weighted by molar-refractivity contribution is 0.0377. The molecule has 0 aliphatic heterocycles. The first-order valence-corrected chi connectivity index (χ1v) is 9.96. The Balaban J connectivity index is 1.98. The molecule has 0 spiro atoms. The van der Waals surface area contributed by atoms with Crippen LogP contribution in [0.15, 0.2) is 45.8 Å². The Labute approximate surface area is 173 Å². The van der Waals surface area contributed by atoms with Crippen LogP contribution in [0.1, 0.15) is 37.4 Å². The Morgan fingerprint density at radius 3 is 2.55 bits per heavy atom. The number of aryl methyl sites for hydroxylation is 1. The van der Waals surface area contributed by atoms with Crippen LogP contribution in [0.3, 0.4) is 0 Å². The number of furan rings is 1.